The van der Waals surface area contributed by atoms with E-state index in [2.05, 4.69) is 32.6 Å². The molecular weight excluding hydrogens is 375 g/mol. The summed E-state index contributed by atoms with van der Waals surface area (Å²) in [5.74, 6) is 0.969. The van der Waals surface area contributed by atoms with Crippen molar-refractivity contribution in [2.24, 2.45) is 11.8 Å². The van der Waals surface area contributed by atoms with Gasteiger partial charge in [0, 0.05) is 43.7 Å². The van der Waals surface area contributed by atoms with Crippen LogP contribution in [-0.2, 0) is 0 Å². The number of hydrogen-bond acceptors (Lipinski definition) is 2. The normalized spacial score (nSPS) is 19.6. The predicted molar refractivity (Wildman–Crippen MR) is 121 cm³/mol. The minimum absolute atomic E-state index is 0.0744. The van der Waals surface area contributed by atoms with Crippen molar-refractivity contribution >= 4 is 5.91 Å². The highest BCUT2D eigenvalue weighted by Gasteiger charge is 2.36. The van der Waals surface area contributed by atoms with E-state index in [1.807, 2.05) is 42.2 Å². The third-order valence-electron chi connectivity index (χ3n) is 6.03. The van der Waals surface area contributed by atoms with Crippen LogP contribution < -0.4 is 0 Å². The van der Waals surface area contributed by atoms with Gasteiger partial charge in [-0.2, -0.15) is 0 Å². The van der Waals surface area contributed by atoms with E-state index in [0.29, 0.717) is 12.5 Å². The van der Waals surface area contributed by atoms with Gasteiger partial charge in [-0.15, -0.1) is 0 Å². The molecule has 0 spiro atoms. The summed E-state index contributed by atoms with van der Waals surface area (Å²) in [7, 11) is 0. The van der Waals surface area contributed by atoms with Crippen LogP contribution in [0.4, 0.5) is 4.39 Å². The number of carbonyl (C=O) groups excluding carboxylic acids is 1. The molecule has 0 bridgehead atoms. The van der Waals surface area contributed by atoms with Gasteiger partial charge in [0.1, 0.15) is 5.82 Å². The third kappa shape index (κ3) is 5.48. The van der Waals surface area contributed by atoms with Crippen LogP contribution in [0.25, 0.3) is 0 Å². The van der Waals surface area contributed by atoms with Crippen molar-refractivity contribution in [1.82, 2.24) is 9.80 Å². The maximum atomic E-state index is 13.9. The lowest BCUT2D eigenvalue weighted by atomic mass is 9.88. The van der Waals surface area contributed by atoms with E-state index in [4.69, 9.17) is 0 Å². The maximum Gasteiger partial charge on any atom is 0.254 e. The zero-order valence-electron chi connectivity index (χ0n) is 18.9. The minimum atomic E-state index is -0.190. The Morgan fingerprint density at radius 2 is 1.80 bits per heavy atom. The zero-order chi connectivity index (χ0) is 21.8. The number of amides is 1. The molecule has 0 N–H and O–H groups in total. The summed E-state index contributed by atoms with van der Waals surface area (Å²) in [5, 5.41) is 0. The van der Waals surface area contributed by atoms with Crippen molar-refractivity contribution in [3.63, 3.8) is 0 Å². The van der Waals surface area contributed by atoms with Crippen molar-refractivity contribution in [2.45, 2.75) is 46.6 Å². The van der Waals surface area contributed by atoms with E-state index in [-0.39, 0.29) is 29.6 Å². The summed E-state index contributed by atoms with van der Waals surface area (Å²) in [6.07, 6.45) is 0. The molecule has 1 aliphatic heterocycles. The highest BCUT2D eigenvalue weighted by molar-refractivity contribution is 5.94. The summed E-state index contributed by atoms with van der Waals surface area (Å²) in [4.78, 5) is 17.8. The van der Waals surface area contributed by atoms with E-state index >= 15 is 0 Å². The molecule has 0 radical (unpaired) electrons. The van der Waals surface area contributed by atoms with Gasteiger partial charge < -0.3 is 9.80 Å². The lowest BCUT2D eigenvalue weighted by molar-refractivity contribution is 0.0668. The number of likely N-dealkylation sites (tertiary alicyclic amines) is 1. The highest BCUT2D eigenvalue weighted by atomic mass is 19.1. The van der Waals surface area contributed by atoms with Crippen LogP contribution >= 0.6 is 0 Å². The first-order chi connectivity index (χ1) is 14.2. The molecule has 1 fully saturated rings. The topological polar surface area (TPSA) is 23.6 Å². The Kier molecular flexibility index (Phi) is 7.30. The van der Waals surface area contributed by atoms with Crippen LogP contribution in [0.1, 0.15) is 55.1 Å². The molecule has 1 saturated heterocycles. The van der Waals surface area contributed by atoms with E-state index in [1.165, 1.54) is 6.07 Å². The van der Waals surface area contributed by atoms with Gasteiger partial charge in [0.05, 0.1) is 0 Å². The van der Waals surface area contributed by atoms with Gasteiger partial charge in [-0.25, -0.2) is 4.39 Å². The number of rotatable bonds is 7. The average molecular weight is 411 g/mol. The Labute approximate surface area is 180 Å². The molecule has 3 rings (SSSR count). The average Bonchev–Trinajstić information content (AvgIpc) is 3.07. The monoisotopic (exact) mass is 410 g/mol. The SMILES string of the molecule is Cc1ccc(C(=O)N(C[C@@H]2CN(CC(C)C)C[C@@H]2c2cccc(F)c2)C(C)C)cc1. The number of aryl methyl sites for hydroxylation is 1. The molecule has 0 unspecified atom stereocenters. The van der Waals surface area contributed by atoms with Gasteiger partial charge in [-0.3, -0.25) is 4.79 Å². The molecule has 0 aromatic heterocycles. The Bertz CT molecular complexity index is 846. The van der Waals surface area contributed by atoms with Crippen molar-refractivity contribution in [3.05, 3.63) is 71.0 Å². The molecule has 1 amide bonds. The van der Waals surface area contributed by atoms with Crippen LogP contribution in [0, 0.1) is 24.6 Å². The van der Waals surface area contributed by atoms with E-state index in [9.17, 15) is 9.18 Å². The van der Waals surface area contributed by atoms with Crippen LogP contribution in [0.2, 0.25) is 0 Å². The van der Waals surface area contributed by atoms with Gasteiger partial charge in [-0.05, 0) is 62.4 Å². The maximum absolute atomic E-state index is 13.9. The molecule has 1 heterocycles. The van der Waals surface area contributed by atoms with Crippen LogP contribution in [0.5, 0.6) is 0 Å². The molecule has 4 heteroatoms. The Hall–Kier alpha value is -2.20. The summed E-state index contributed by atoms with van der Waals surface area (Å²) < 4.78 is 13.9. The minimum Gasteiger partial charge on any atom is -0.336 e. The van der Waals surface area contributed by atoms with Gasteiger partial charge in [0.15, 0.2) is 0 Å². The molecule has 30 heavy (non-hydrogen) atoms. The summed E-state index contributed by atoms with van der Waals surface area (Å²) in [5.41, 5.74) is 2.92. The number of carbonyl (C=O) groups is 1. The van der Waals surface area contributed by atoms with Crippen LogP contribution in [0.15, 0.2) is 48.5 Å². The second-order valence-electron chi connectivity index (χ2n) is 9.45. The highest BCUT2D eigenvalue weighted by Crippen LogP contribution is 2.34. The summed E-state index contributed by atoms with van der Waals surface area (Å²) in [6.45, 7) is 14.2. The quantitative estimate of drug-likeness (QED) is 0.614. The van der Waals surface area contributed by atoms with Crippen LogP contribution in [0.3, 0.4) is 0 Å². The molecule has 162 valence electrons. The summed E-state index contributed by atoms with van der Waals surface area (Å²) >= 11 is 0. The standard InChI is InChI=1S/C26H35FN2O/c1-18(2)14-28-15-23(25(17-28)22-7-6-8-24(27)13-22)16-29(19(3)4)26(30)21-11-9-20(5)10-12-21/h6-13,18-19,23,25H,14-17H2,1-5H3/t23-,25+/m0/s1. The second kappa shape index (κ2) is 9.74. The molecule has 2 aromatic rings. The second-order valence-corrected chi connectivity index (χ2v) is 9.45. The lowest BCUT2D eigenvalue weighted by Crippen LogP contribution is -2.42. The molecule has 3 nitrogen and oxygen atoms in total. The van der Waals surface area contributed by atoms with Crippen molar-refractivity contribution in [1.29, 1.82) is 0 Å². The van der Waals surface area contributed by atoms with Crippen LogP contribution in [-0.4, -0.2) is 47.9 Å². The first-order valence-electron chi connectivity index (χ1n) is 11.1. The fourth-order valence-electron chi connectivity index (χ4n) is 4.57. The van der Waals surface area contributed by atoms with Crippen molar-refractivity contribution < 1.29 is 9.18 Å². The molecule has 1 aliphatic rings. The van der Waals surface area contributed by atoms with Gasteiger partial charge in [-0.1, -0.05) is 43.7 Å². The first-order valence-corrected chi connectivity index (χ1v) is 11.1. The molecular formula is C26H35FN2O. The Morgan fingerprint density at radius 3 is 2.40 bits per heavy atom. The van der Waals surface area contributed by atoms with E-state index in [0.717, 1.165) is 36.3 Å². The zero-order valence-corrected chi connectivity index (χ0v) is 18.9. The number of benzene rings is 2. The molecule has 0 aliphatic carbocycles. The molecule has 2 aromatic carbocycles. The fraction of sp³-hybridized carbons (Fsp3) is 0.500. The largest absolute Gasteiger partial charge is 0.336 e. The van der Waals surface area contributed by atoms with Gasteiger partial charge in [0.2, 0.25) is 0 Å². The molecule has 2 atom stereocenters. The lowest BCUT2D eigenvalue weighted by Gasteiger charge is -2.32. The molecule has 0 saturated carbocycles. The van der Waals surface area contributed by atoms with Gasteiger partial charge in [0.25, 0.3) is 5.91 Å². The van der Waals surface area contributed by atoms with Gasteiger partial charge >= 0.3 is 0 Å². The summed E-state index contributed by atoms with van der Waals surface area (Å²) in [6, 6.07) is 14.9. The number of hydrogen-bond donors (Lipinski definition) is 0. The first kappa shape index (κ1) is 22.5. The van der Waals surface area contributed by atoms with E-state index in [1.54, 1.807) is 12.1 Å². The Morgan fingerprint density at radius 1 is 1.10 bits per heavy atom. The van der Waals surface area contributed by atoms with E-state index < -0.39 is 0 Å². The third-order valence-corrected chi connectivity index (χ3v) is 6.03. The smallest absolute Gasteiger partial charge is 0.254 e. The Balaban J connectivity index is 1.84. The number of halogens is 1. The number of nitrogens with zero attached hydrogens (tertiary/aromatic N) is 2. The van der Waals surface area contributed by atoms with Crippen molar-refractivity contribution in [3.8, 4) is 0 Å². The van der Waals surface area contributed by atoms with Crippen molar-refractivity contribution in [2.75, 3.05) is 26.2 Å². The fourth-order valence-corrected chi connectivity index (χ4v) is 4.57. The predicted octanol–water partition coefficient (Wildman–Crippen LogP) is 5.36.